The first-order chi connectivity index (χ1) is 12.9. The molecule has 4 aromatic rings. The fourth-order valence-corrected chi connectivity index (χ4v) is 4.83. The predicted molar refractivity (Wildman–Crippen MR) is 108 cm³/mol. The lowest BCUT2D eigenvalue weighted by Gasteiger charge is -2.11. The lowest BCUT2D eigenvalue weighted by molar-refractivity contribution is -0.0961. The summed E-state index contributed by atoms with van der Waals surface area (Å²) >= 11 is 3.35. The van der Waals surface area contributed by atoms with E-state index in [4.69, 9.17) is 9.78 Å². The number of rotatable bonds is 4. The van der Waals surface area contributed by atoms with Crippen LogP contribution in [0.4, 0.5) is 5.69 Å². The molecule has 0 fully saturated rings. The minimum absolute atomic E-state index is 0.197. The molecule has 5 heteroatoms. The molecule has 1 atom stereocenters. The van der Waals surface area contributed by atoms with Gasteiger partial charge in [-0.1, -0.05) is 54.2 Å². The first-order valence-electron chi connectivity index (χ1n) is 8.30. The minimum Gasteiger partial charge on any atom is -0.368 e. The first kappa shape index (κ1) is 15.6. The normalized spacial score (nSPS) is 15.5. The van der Waals surface area contributed by atoms with Crippen LogP contribution in [0.2, 0.25) is 0 Å². The Bertz CT molecular complexity index is 1050. The van der Waals surface area contributed by atoms with Gasteiger partial charge in [0.25, 0.3) is 0 Å². The molecule has 0 amide bonds. The SMILES string of the molecule is c1csc(OOc2ccc(C3Nc4ccc5ccccc5c4S3)cc2)c1. The van der Waals surface area contributed by atoms with E-state index < -0.39 is 0 Å². The van der Waals surface area contributed by atoms with Crippen LogP contribution in [0.1, 0.15) is 10.9 Å². The minimum atomic E-state index is 0.197. The summed E-state index contributed by atoms with van der Waals surface area (Å²) in [6.45, 7) is 0. The van der Waals surface area contributed by atoms with Crippen LogP contribution in [0.3, 0.4) is 0 Å². The second kappa shape index (κ2) is 6.59. The summed E-state index contributed by atoms with van der Waals surface area (Å²) in [4.78, 5) is 12.0. The van der Waals surface area contributed by atoms with E-state index >= 15 is 0 Å². The molecule has 5 rings (SSSR count). The lowest BCUT2D eigenvalue weighted by Crippen LogP contribution is -2.02. The molecular formula is C21H15NO2S2. The van der Waals surface area contributed by atoms with Crippen molar-refractivity contribution < 1.29 is 9.78 Å². The molecule has 2 heterocycles. The molecule has 1 aromatic heterocycles. The average Bonchev–Trinajstić information content (AvgIpc) is 3.36. The van der Waals surface area contributed by atoms with E-state index in [1.54, 1.807) is 0 Å². The maximum atomic E-state index is 5.37. The summed E-state index contributed by atoms with van der Waals surface area (Å²) in [7, 11) is 0. The number of thioether (sulfide) groups is 1. The molecule has 128 valence electrons. The van der Waals surface area contributed by atoms with Crippen molar-refractivity contribution in [2.45, 2.75) is 10.3 Å². The molecular weight excluding hydrogens is 362 g/mol. The van der Waals surface area contributed by atoms with Gasteiger partial charge in [-0.2, -0.15) is 0 Å². The van der Waals surface area contributed by atoms with Crippen molar-refractivity contribution >= 4 is 39.6 Å². The van der Waals surface area contributed by atoms with Gasteiger partial charge in [0.15, 0.2) is 5.75 Å². The zero-order valence-corrected chi connectivity index (χ0v) is 15.3. The zero-order chi connectivity index (χ0) is 17.3. The van der Waals surface area contributed by atoms with Gasteiger partial charge in [-0.05, 0) is 52.0 Å². The van der Waals surface area contributed by atoms with Crippen LogP contribution in [0, 0.1) is 0 Å². The number of benzene rings is 3. The third-order valence-electron chi connectivity index (χ3n) is 4.30. The molecule has 0 radical (unpaired) electrons. The molecule has 3 nitrogen and oxygen atoms in total. The third-order valence-corrected chi connectivity index (χ3v) is 6.33. The van der Waals surface area contributed by atoms with Crippen molar-refractivity contribution in [1.29, 1.82) is 0 Å². The number of thiophene rings is 1. The number of nitrogens with one attached hydrogen (secondary N) is 1. The van der Waals surface area contributed by atoms with Crippen LogP contribution in [0.25, 0.3) is 10.8 Å². The number of fused-ring (bicyclic) bond motifs is 3. The van der Waals surface area contributed by atoms with E-state index in [2.05, 4.69) is 53.8 Å². The smallest absolute Gasteiger partial charge is 0.232 e. The summed E-state index contributed by atoms with van der Waals surface area (Å²) in [5, 5.41) is 9.07. The van der Waals surface area contributed by atoms with E-state index in [1.807, 2.05) is 41.4 Å². The standard InChI is InChI=1S/C21H15NO2S2/c1-2-5-17-14(4-1)9-12-18-20(17)26-21(22-18)15-7-10-16(11-8-15)23-24-19-6-3-13-25-19/h1-13,21-22H. The van der Waals surface area contributed by atoms with Crippen LogP contribution in [0.5, 0.6) is 10.8 Å². The zero-order valence-electron chi connectivity index (χ0n) is 13.7. The highest BCUT2D eigenvalue weighted by Gasteiger charge is 2.24. The van der Waals surface area contributed by atoms with Gasteiger partial charge in [-0.15, -0.1) is 11.3 Å². The molecule has 1 unspecified atom stereocenters. The second-order valence-electron chi connectivity index (χ2n) is 5.97. The summed E-state index contributed by atoms with van der Waals surface area (Å²) in [6, 6.07) is 24.7. The Balaban J connectivity index is 1.33. The molecule has 1 N–H and O–H groups in total. The van der Waals surface area contributed by atoms with Crippen molar-refractivity contribution in [1.82, 2.24) is 0 Å². The highest BCUT2D eigenvalue weighted by atomic mass is 32.2. The number of hydrogen-bond donors (Lipinski definition) is 1. The predicted octanol–water partition coefficient (Wildman–Crippen LogP) is 6.49. The van der Waals surface area contributed by atoms with E-state index in [0.717, 1.165) is 5.06 Å². The fourth-order valence-electron chi connectivity index (χ4n) is 3.02. The van der Waals surface area contributed by atoms with E-state index in [9.17, 15) is 0 Å². The molecule has 1 aliphatic heterocycles. The van der Waals surface area contributed by atoms with Crippen LogP contribution in [0.15, 0.2) is 83.1 Å². The quantitative estimate of drug-likeness (QED) is 0.325. The Morgan fingerprint density at radius 1 is 0.808 bits per heavy atom. The van der Waals surface area contributed by atoms with Gasteiger partial charge >= 0.3 is 0 Å². The Morgan fingerprint density at radius 3 is 2.54 bits per heavy atom. The van der Waals surface area contributed by atoms with Crippen molar-refractivity contribution in [3.63, 3.8) is 0 Å². The van der Waals surface area contributed by atoms with Crippen molar-refractivity contribution in [3.05, 3.63) is 83.7 Å². The van der Waals surface area contributed by atoms with Gasteiger partial charge in [0, 0.05) is 10.6 Å². The van der Waals surface area contributed by atoms with Gasteiger partial charge in [-0.25, -0.2) is 0 Å². The van der Waals surface area contributed by atoms with Crippen molar-refractivity contribution in [3.8, 4) is 10.8 Å². The van der Waals surface area contributed by atoms with Gasteiger partial charge in [0.1, 0.15) is 5.37 Å². The van der Waals surface area contributed by atoms with Gasteiger partial charge < -0.3 is 5.32 Å². The summed E-state index contributed by atoms with van der Waals surface area (Å²) < 4.78 is 0. The van der Waals surface area contributed by atoms with E-state index in [0.29, 0.717) is 5.75 Å². The molecule has 0 saturated carbocycles. The lowest BCUT2D eigenvalue weighted by atomic mass is 10.1. The van der Waals surface area contributed by atoms with E-state index in [-0.39, 0.29) is 5.37 Å². The van der Waals surface area contributed by atoms with Crippen molar-refractivity contribution in [2.75, 3.05) is 5.32 Å². The Labute approximate surface area is 159 Å². The molecule has 26 heavy (non-hydrogen) atoms. The topological polar surface area (TPSA) is 30.5 Å². The monoisotopic (exact) mass is 377 g/mol. The Hall–Kier alpha value is -2.63. The molecule has 0 bridgehead atoms. The molecule has 0 saturated heterocycles. The third kappa shape index (κ3) is 2.89. The Morgan fingerprint density at radius 2 is 1.69 bits per heavy atom. The van der Waals surface area contributed by atoms with Crippen LogP contribution < -0.4 is 15.1 Å². The highest BCUT2D eigenvalue weighted by Crippen LogP contribution is 2.49. The molecule has 3 aromatic carbocycles. The first-order valence-corrected chi connectivity index (χ1v) is 10.1. The van der Waals surface area contributed by atoms with Gasteiger partial charge in [-0.3, -0.25) is 9.78 Å². The maximum Gasteiger partial charge on any atom is 0.232 e. The number of anilines is 1. The maximum absolute atomic E-state index is 5.37. The largest absolute Gasteiger partial charge is 0.368 e. The summed E-state index contributed by atoms with van der Waals surface area (Å²) in [6.07, 6.45) is 0. The Kier molecular flexibility index (Phi) is 3.96. The van der Waals surface area contributed by atoms with Crippen LogP contribution in [-0.2, 0) is 0 Å². The number of hydrogen-bond acceptors (Lipinski definition) is 5. The van der Waals surface area contributed by atoms with Crippen LogP contribution in [-0.4, -0.2) is 0 Å². The van der Waals surface area contributed by atoms with E-state index in [1.165, 1.54) is 38.3 Å². The molecule has 0 spiro atoms. The average molecular weight is 377 g/mol. The summed E-state index contributed by atoms with van der Waals surface area (Å²) in [5.41, 5.74) is 2.40. The second-order valence-corrected chi connectivity index (χ2v) is 8.00. The van der Waals surface area contributed by atoms with Crippen molar-refractivity contribution in [2.24, 2.45) is 0 Å². The van der Waals surface area contributed by atoms with Crippen LogP contribution >= 0.6 is 23.1 Å². The summed E-state index contributed by atoms with van der Waals surface area (Å²) in [5.74, 6) is 0.688. The fraction of sp³-hybridized carbons (Fsp3) is 0.0476. The van der Waals surface area contributed by atoms with Gasteiger partial charge in [0.05, 0.1) is 0 Å². The molecule has 1 aliphatic rings. The molecule has 0 aliphatic carbocycles. The highest BCUT2D eigenvalue weighted by molar-refractivity contribution is 8.00. The van der Waals surface area contributed by atoms with Gasteiger partial charge in [0.2, 0.25) is 5.06 Å².